The average molecular weight is 208 g/mol. The zero-order chi connectivity index (χ0) is 10.4. The molecule has 5 atom stereocenters. The van der Waals surface area contributed by atoms with E-state index in [1.807, 2.05) is 0 Å². The Balaban J connectivity index is 1.56. The van der Waals surface area contributed by atoms with Crippen molar-refractivity contribution >= 4 is 0 Å². The fourth-order valence-corrected chi connectivity index (χ4v) is 4.22. The lowest BCUT2D eigenvalue weighted by Gasteiger charge is -2.33. The lowest BCUT2D eigenvalue weighted by molar-refractivity contribution is 0.0220. The van der Waals surface area contributed by atoms with Crippen molar-refractivity contribution in [3.63, 3.8) is 0 Å². The average Bonchev–Trinajstić information content (AvgIpc) is 2.85. The maximum atomic E-state index is 10.4. The Kier molecular flexibility index (Phi) is 2.54. The van der Waals surface area contributed by atoms with Gasteiger partial charge >= 0.3 is 0 Å². The topological polar surface area (TPSA) is 20.2 Å². The standard InChI is InChI=1S/C14H24O/c1-9-3-2-4-10(5-9)14(15)13-7-11-6-12(11)8-13/h9-15H,2-8H2,1H3. The van der Waals surface area contributed by atoms with Crippen LogP contribution in [0.3, 0.4) is 0 Å². The first-order chi connectivity index (χ1) is 7.24. The third-order valence-electron chi connectivity index (χ3n) is 5.22. The molecule has 1 N–H and O–H groups in total. The normalized spacial score (nSPS) is 51.2. The smallest absolute Gasteiger partial charge is 0.0596 e. The van der Waals surface area contributed by atoms with Crippen molar-refractivity contribution in [2.24, 2.45) is 29.6 Å². The van der Waals surface area contributed by atoms with E-state index in [0.717, 1.165) is 17.8 Å². The lowest BCUT2D eigenvalue weighted by atomic mass is 9.75. The van der Waals surface area contributed by atoms with Gasteiger partial charge in [-0.25, -0.2) is 0 Å². The maximum Gasteiger partial charge on any atom is 0.0596 e. The first kappa shape index (κ1) is 10.1. The van der Waals surface area contributed by atoms with Crippen LogP contribution in [-0.2, 0) is 0 Å². The molecule has 1 heteroatoms. The van der Waals surface area contributed by atoms with Gasteiger partial charge in [-0.05, 0) is 61.7 Å². The first-order valence-corrected chi connectivity index (χ1v) is 6.92. The predicted molar refractivity (Wildman–Crippen MR) is 61.4 cm³/mol. The number of hydrogen-bond acceptors (Lipinski definition) is 1. The Morgan fingerprint density at radius 1 is 0.933 bits per heavy atom. The van der Waals surface area contributed by atoms with Crippen LogP contribution in [0.2, 0.25) is 0 Å². The summed E-state index contributed by atoms with van der Waals surface area (Å²) in [6.45, 7) is 2.35. The number of hydrogen-bond donors (Lipinski definition) is 1. The van der Waals surface area contributed by atoms with Crippen LogP contribution >= 0.6 is 0 Å². The van der Waals surface area contributed by atoms with Crippen molar-refractivity contribution in [2.45, 2.75) is 58.0 Å². The van der Waals surface area contributed by atoms with Crippen molar-refractivity contribution < 1.29 is 5.11 Å². The zero-order valence-corrected chi connectivity index (χ0v) is 9.86. The Morgan fingerprint density at radius 2 is 1.67 bits per heavy atom. The van der Waals surface area contributed by atoms with Crippen LogP contribution in [0.25, 0.3) is 0 Å². The van der Waals surface area contributed by atoms with Gasteiger partial charge in [0.25, 0.3) is 0 Å². The van der Waals surface area contributed by atoms with E-state index in [1.165, 1.54) is 44.9 Å². The molecular weight excluding hydrogens is 184 g/mol. The van der Waals surface area contributed by atoms with Gasteiger partial charge < -0.3 is 5.11 Å². The van der Waals surface area contributed by atoms with Gasteiger partial charge in [0.2, 0.25) is 0 Å². The molecule has 15 heavy (non-hydrogen) atoms. The Morgan fingerprint density at radius 3 is 2.33 bits per heavy atom. The summed E-state index contributed by atoms with van der Waals surface area (Å²) in [7, 11) is 0. The molecule has 1 nitrogen and oxygen atoms in total. The molecule has 3 saturated carbocycles. The molecule has 3 fully saturated rings. The highest BCUT2D eigenvalue weighted by atomic mass is 16.3. The van der Waals surface area contributed by atoms with Crippen molar-refractivity contribution in [1.82, 2.24) is 0 Å². The molecule has 0 aliphatic heterocycles. The molecule has 3 aliphatic carbocycles. The first-order valence-electron chi connectivity index (χ1n) is 6.92. The van der Waals surface area contributed by atoms with E-state index < -0.39 is 0 Å². The number of aliphatic hydroxyl groups excluding tert-OH is 1. The number of rotatable bonds is 2. The van der Waals surface area contributed by atoms with Crippen LogP contribution in [0.1, 0.15) is 51.9 Å². The van der Waals surface area contributed by atoms with Gasteiger partial charge in [0.1, 0.15) is 0 Å². The second-order valence-electron chi connectivity index (χ2n) is 6.51. The molecule has 0 saturated heterocycles. The van der Waals surface area contributed by atoms with E-state index in [9.17, 15) is 5.11 Å². The fourth-order valence-electron chi connectivity index (χ4n) is 4.22. The molecule has 0 radical (unpaired) electrons. The molecular formula is C14H24O. The lowest BCUT2D eigenvalue weighted by Crippen LogP contribution is -2.31. The molecule has 0 bridgehead atoms. The van der Waals surface area contributed by atoms with Gasteiger partial charge in [-0.3, -0.25) is 0 Å². The molecule has 0 spiro atoms. The van der Waals surface area contributed by atoms with Gasteiger partial charge in [0.05, 0.1) is 6.10 Å². The second-order valence-corrected chi connectivity index (χ2v) is 6.51. The molecule has 86 valence electrons. The third-order valence-corrected chi connectivity index (χ3v) is 5.22. The van der Waals surface area contributed by atoms with Gasteiger partial charge in [-0.15, -0.1) is 0 Å². The zero-order valence-electron chi connectivity index (χ0n) is 9.86. The van der Waals surface area contributed by atoms with E-state index in [2.05, 4.69) is 6.92 Å². The largest absolute Gasteiger partial charge is 0.393 e. The van der Waals surface area contributed by atoms with Crippen molar-refractivity contribution in [3.8, 4) is 0 Å². The Hall–Kier alpha value is -0.0400. The minimum Gasteiger partial charge on any atom is -0.393 e. The summed E-state index contributed by atoms with van der Waals surface area (Å²) in [5, 5.41) is 10.4. The summed E-state index contributed by atoms with van der Waals surface area (Å²) in [6.07, 6.45) is 9.52. The summed E-state index contributed by atoms with van der Waals surface area (Å²) in [5.74, 6) is 4.20. The molecule has 0 aromatic heterocycles. The van der Waals surface area contributed by atoms with Crippen molar-refractivity contribution in [1.29, 1.82) is 0 Å². The Bertz CT molecular complexity index is 227. The minimum atomic E-state index is 0.0422. The van der Waals surface area contributed by atoms with Crippen molar-refractivity contribution in [3.05, 3.63) is 0 Å². The van der Waals surface area contributed by atoms with Gasteiger partial charge in [0.15, 0.2) is 0 Å². The van der Waals surface area contributed by atoms with Crippen LogP contribution < -0.4 is 0 Å². The van der Waals surface area contributed by atoms with Crippen molar-refractivity contribution in [2.75, 3.05) is 0 Å². The summed E-state index contributed by atoms with van der Waals surface area (Å²) < 4.78 is 0. The monoisotopic (exact) mass is 208 g/mol. The highest BCUT2D eigenvalue weighted by molar-refractivity contribution is 4.99. The predicted octanol–water partition coefficient (Wildman–Crippen LogP) is 3.22. The Labute approximate surface area is 93.3 Å². The molecule has 3 aliphatic rings. The molecule has 5 unspecified atom stereocenters. The molecule has 0 amide bonds. The molecule has 3 rings (SSSR count). The SMILES string of the molecule is CC1CCCC(C(O)C2CC3CC3C2)C1. The van der Waals surface area contributed by atoms with Gasteiger partial charge in [-0.2, -0.15) is 0 Å². The number of fused-ring (bicyclic) bond motifs is 1. The fraction of sp³-hybridized carbons (Fsp3) is 1.00. The van der Waals surface area contributed by atoms with Crippen LogP contribution in [0.15, 0.2) is 0 Å². The van der Waals surface area contributed by atoms with Crippen LogP contribution in [0.5, 0.6) is 0 Å². The van der Waals surface area contributed by atoms with E-state index >= 15 is 0 Å². The molecule has 0 aromatic rings. The number of aliphatic hydroxyl groups is 1. The summed E-state index contributed by atoms with van der Waals surface area (Å²) in [5.41, 5.74) is 0. The van der Waals surface area contributed by atoms with Gasteiger partial charge in [-0.1, -0.05) is 19.8 Å². The molecule has 0 heterocycles. The molecule has 0 aromatic carbocycles. The van der Waals surface area contributed by atoms with Crippen LogP contribution in [0.4, 0.5) is 0 Å². The summed E-state index contributed by atoms with van der Waals surface area (Å²) in [6, 6.07) is 0. The van der Waals surface area contributed by atoms with E-state index in [-0.39, 0.29) is 6.10 Å². The summed E-state index contributed by atoms with van der Waals surface area (Å²) in [4.78, 5) is 0. The minimum absolute atomic E-state index is 0.0422. The highest BCUT2D eigenvalue weighted by Gasteiger charge is 2.48. The summed E-state index contributed by atoms with van der Waals surface area (Å²) >= 11 is 0. The van der Waals surface area contributed by atoms with E-state index in [4.69, 9.17) is 0 Å². The second kappa shape index (κ2) is 3.76. The highest BCUT2D eigenvalue weighted by Crippen LogP contribution is 2.56. The van der Waals surface area contributed by atoms with Crippen LogP contribution in [0, 0.1) is 29.6 Å². The maximum absolute atomic E-state index is 10.4. The van der Waals surface area contributed by atoms with Crippen LogP contribution in [-0.4, -0.2) is 11.2 Å². The quantitative estimate of drug-likeness (QED) is 0.738. The van der Waals surface area contributed by atoms with Gasteiger partial charge in [0, 0.05) is 0 Å². The van der Waals surface area contributed by atoms with E-state index in [0.29, 0.717) is 11.8 Å². The van der Waals surface area contributed by atoms with E-state index in [1.54, 1.807) is 0 Å². The third kappa shape index (κ3) is 1.95.